The van der Waals surface area contributed by atoms with E-state index in [-0.39, 0.29) is 24.2 Å². The molecular formula is C24H26BrN7O2. The first kappa shape index (κ1) is 22.5. The lowest BCUT2D eigenvalue weighted by Gasteiger charge is -2.36. The minimum absolute atomic E-state index is 0.00671. The summed E-state index contributed by atoms with van der Waals surface area (Å²) in [5.41, 5.74) is 2.77. The summed E-state index contributed by atoms with van der Waals surface area (Å²) < 4.78 is 2.73. The topological polar surface area (TPSA) is 87.5 Å². The Morgan fingerprint density at radius 1 is 1.03 bits per heavy atom. The maximum Gasteiger partial charge on any atom is 0.228 e. The zero-order valence-corrected chi connectivity index (χ0v) is 20.8. The van der Waals surface area contributed by atoms with E-state index >= 15 is 0 Å². The van der Waals surface area contributed by atoms with Gasteiger partial charge in [0, 0.05) is 61.1 Å². The molecule has 1 atom stereocenters. The van der Waals surface area contributed by atoms with Gasteiger partial charge in [0.15, 0.2) is 5.82 Å². The fourth-order valence-electron chi connectivity index (χ4n) is 4.67. The number of benzene rings is 1. The molecule has 176 valence electrons. The second kappa shape index (κ2) is 9.17. The molecule has 9 nitrogen and oxygen atoms in total. The number of halogens is 1. The summed E-state index contributed by atoms with van der Waals surface area (Å²) in [4.78, 5) is 40.4. The Labute approximate surface area is 206 Å². The van der Waals surface area contributed by atoms with Crippen LogP contribution in [0.4, 0.5) is 11.5 Å². The Morgan fingerprint density at radius 3 is 2.50 bits per heavy atom. The molecule has 0 aliphatic carbocycles. The van der Waals surface area contributed by atoms with Crippen LogP contribution in [0.25, 0.3) is 5.82 Å². The first-order valence-electron chi connectivity index (χ1n) is 11.3. The smallest absolute Gasteiger partial charge is 0.228 e. The number of piperazine rings is 1. The van der Waals surface area contributed by atoms with Gasteiger partial charge in [-0.15, -0.1) is 0 Å². The number of aromatic nitrogens is 4. The molecule has 5 rings (SSSR count). The molecule has 2 aromatic heterocycles. The molecule has 0 N–H and O–H groups in total. The summed E-state index contributed by atoms with van der Waals surface area (Å²) in [6.45, 7) is 6.92. The van der Waals surface area contributed by atoms with Gasteiger partial charge in [-0.25, -0.2) is 14.6 Å². The average Bonchev–Trinajstić information content (AvgIpc) is 3.40. The molecule has 2 saturated heterocycles. The molecule has 10 heteroatoms. The van der Waals surface area contributed by atoms with E-state index in [4.69, 9.17) is 0 Å². The standard InChI is InChI=1S/C24H26BrN7O2/c1-16-10-17(2)32(28-16)22-13-21(26-15-27-22)29-6-8-30(9-7-29)24(34)18-11-23(33)31(14-18)20-5-3-4-19(25)12-20/h3-5,10,12-13,15,18H,6-9,11,14H2,1-2H3. The Hall–Kier alpha value is -3.27. The van der Waals surface area contributed by atoms with Gasteiger partial charge in [0.05, 0.1) is 11.6 Å². The van der Waals surface area contributed by atoms with Gasteiger partial charge in [0.2, 0.25) is 11.8 Å². The fourth-order valence-corrected chi connectivity index (χ4v) is 5.05. The van der Waals surface area contributed by atoms with Gasteiger partial charge in [-0.2, -0.15) is 5.10 Å². The van der Waals surface area contributed by atoms with E-state index in [0.717, 1.165) is 33.2 Å². The third kappa shape index (κ3) is 4.42. The summed E-state index contributed by atoms with van der Waals surface area (Å²) in [6, 6.07) is 11.6. The van der Waals surface area contributed by atoms with Crippen molar-refractivity contribution in [3.8, 4) is 5.82 Å². The van der Waals surface area contributed by atoms with Gasteiger partial charge in [-0.1, -0.05) is 22.0 Å². The molecule has 0 spiro atoms. The van der Waals surface area contributed by atoms with Crippen molar-refractivity contribution in [3.05, 3.63) is 58.6 Å². The van der Waals surface area contributed by atoms with Gasteiger partial charge < -0.3 is 14.7 Å². The van der Waals surface area contributed by atoms with Crippen LogP contribution in [-0.2, 0) is 9.59 Å². The van der Waals surface area contributed by atoms with Crippen LogP contribution in [0.2, 0.25) is 0 Å². The van der Waals surface area contributed by atoms with Crippen molar-refractivity contribution in [2.75, 3.05) is 42.5 Å². The minimum atomic E-state index is -0.310. The highest BCUT2D eigenvalue weighted by Crippen LogP contribution is 2.29. The van der Waals surface area contributed by atoms with E-state index in [1.54, 1.807) is 11.2 Å². The van der Waals surface area contributed by atoms with Crippen molar-refractivity contribution < 1.29 is 9.59 Å². The lowest BCUT2D eigenvalue weighted by atomic mass is 10.1. The summed E-state index contributed by atoms with van der Waals surface area (Å²) in [7, 11) is 0. The fraction of sp³-hybridized carbons (Fsp3) is 0.375. The van der Waals surface area contributed by atoms with E-state index in [0.29, 0.717) is 32.7 Å². The molecule has 2 amide bonds. The molecule has 0 saturated carbocycles. The predicted molar refractivity (Wildman–Crippen MR) is 132 cm³/mol. The highest BCUT2D eigenvalue weighted by atomic mass is 79.9. The number of hydrogen-bond donors (Lipinski definition) is 0. The maximum absolute atomic E-state index is 13.2. The monoisotopic (exact) mass is 523 g/mol. The van der Waals surface area contributed by atoms with Gasteiger partial charge in [0.25, 0.3) is 0 Å². The largest absolute Gasteiger partial charge is 0.353 e. The Bertz CT molecular complexity index is 1240. The van der Waals surface area contributed by atoms with E-state index in [2.05, 4.69) is 35.9 Å². The number of amides is 2. The second-order valence-corrected chi connectivity index (χ2v) is 9.69. The predicted octanol–water partition coefficient (Wildman–Crippen LogP) is 2.74. The summed E-state index contributed by atoms with van der Waals surface area (Å²) >= 11 is 3.45. The molecular weight excluding hydrogens is 498 g/mol. The van der Waals surface area contributed by atoms with Crippen LogP contribution in [0.1, 0.15) is 17.8 Å². The SMILES string of the molecule is Cc1cc(C)n(-c2cc(N3CCN(C(=O)C4CC(=O)N(c5cccc(Br)c5)C4)CC3)ncn2)n1. The van der Waals surface area contributed by atoms with Crippen LogP contribution in [0.5, 0.6) is 0 Å². The van der Waals surface area contributed by atoms with Crippen LogP contribution >= 0.6 is 15.9 Å². The lowest BCUT2D eigenvalue weighted by Crippen LogP contribution is -2.51. The molecule has 1 aromatic carbocycles. The van der Waals surface area contributed by atoms with Gasteiger partial charge in [-0.05, 0) is 38.1 Å². The van der Waals surface area contributed by atoms with Crippen molar-refractivity contribution in [1.82, 2.24) is 24.6 Å². The highest BCUT2D eigenvalue weighted by molar-refractivity contribution is 9.10. The van der Waals surface area contributed by atoms with Crippen molar-refractivity contribution in [2.45, 2.75) is 20.3 Å². The first-order valence-corrected chi connectivity index (χ1v) is 12.1. The number of carbonyl (C=O) groups is 2. The third-order valence-electron chi connectivity index (χ3n) is 6.37. The molecule has 4 heterocycles. The molecule has 3 aromatic rings. The van der Waals surface area contributed by atoms with Crippen molar-refractivity contribution in [3.63, 3.8) is 0 Å². The Kier molecular flexibility index (Phi) is 6.07. The maximum atomic E-state index is 13.2. The number of nitrogens with zero attached hydrogens (tertiary/aromatic N) is 7. The second-order valence-electron chi connectivity index (χ2n) is 8.77. The highest BCUT2D eigenvalue weighted by Gasteiger charge is 2.38. The van der Waals surface area contributed by atoms with Crippen LogP contribution in [0.15, 0.2) is 47.2 Å². The van der Waals surface area contributed by atoms with Gasteiger partial charge >= 0.3 is 0 Å². The van der Waals surface area contributed by atoms with E-state index < -0.39 is 0 Å². The van der Waals surface area contributed by atoms with Crippen LogP contribution in [0, 0.1) is 19.8 Å². The normalized spacial score (nSPS) is 18.6. The molecule has 34 heavy (non-hydrogen) atoms. The Morgan fingerprint density at radius 2 is 1.79 bits per heavy atom. The zero-order chi connectivity index (χ0) is 23.8. The van der Waals surface area contributed by atoms with Crippen molar-refractivity contribution in [2.24, 2.45) is 5.92 Å². The third-order valence-corrected chi connectivity index (χ3v) is 6.87. The van der Waals surface area contributed by atoms with Crippen molar-refractivity contribution in [1.29, 1.82) is 0 Å². The number of carbonyl (C=O) groups excluding carboxylic acids is 2. The molecule has 2 aliphatic heterocycles. The number of rotatable bonds is 4. The van der Waals surface area contributed by atoms with Crippen LogP contribution in [0.3, 0.4) is 0 Å². The van der Waals surface area contributed by atoms with E-state index in [1.165, 1.54) is 0 Å². The number of hydrogen-bond acceptors (Lipinski definition) is 6. The molecule has 0 radical (unpaired) electrons. The van der Waals surface area contributed by atoms with Crippen molar-refractivity contribution >= 4 is 39.2 Å². The van der Waals surface area contributed by atoms with E-state index in [9.17, 15) is 9.59 Å². The molecule has 2 fully saturated rings. The first-order chi connectivity index (χ1) is 16.4. The minimum Gasteiger partial charge on any atom is -0.353 e. The summed E-state index contributed by atoms with van der Waals surface area (Å²) in [5.74, 6) is 1.28. The zero-order valence-electron chi connectivity index (χ0n) is 19.2. The summed E-state index contributed by atoms with van der Waals surface area (Å²) in [5, 5.41) is 4.51. The molecule has 0 bridgehead atoms. The van der Waals surface area contributed by atoms with E-state index in [1.807, 2.05) is 59.8 Å². The summed E-state index contributed by atoms with van der Waals surface area (Å²) in [6.07, 6.45) is 1.81. The average molecular weight is 524 g/mol. The quantitative estimate of drug-likeness (QED) is 0.522. The Balaban J connectivity index is 1.22. The molecule has 2 aliphatic rings. The number of aryl methyl sites for hydroxylation is 2. The van der Waals surface area contributed by atoms with Gasteiger partial charge in [0.1, 0.15) is 12.1 Å². The number of anilines is 2. The molecule has 1 unspecified atom stereocenters. The van der Waals surface area contributed by atoms with Crippen LogP contribution < -0.4 is 9.80 Å². The van der Waals surface area contributed by atoms with Crippen LogP contribution in [-0.4, -0.2) is 69.2 Å². The van der Waals surface area contributed by atoms with Gasteiger partial charge in [-0.3, -0.25) is 9.59 Å². The lowest BCUT2D eigenvalue weighted by molar-refractivity contribution is -0.136.